The molecule has 0 aromatic carbocycles. The van der Waals surface area contributed by atoms with E-state index in [4.69, 9.17) is 28.0 Å². The number of alkyl halides is 2. The molecule has 2 atom stereocenters. The molecule has 0 aliphatic carbocycles. The summed E-state index contributed by atoms with van der Waals surface area (Å²) in [6, 6.07) is -1.19. The van der Waals surface area contributed by atoms with Gasteiger partial charge < -0.3 is 20.0 Å². The minimum Gasteiger partial charge on any atom is -0.544 e. The average Bonchev–Trinajstić information content (AvgIpc) is 2.95. The number of aliphatic carboxylic acids is 1. The number of hydrogen-bond donors (Lipinski definition) is 1. The standard InChI is InChI=1S/C10H10Cl2N2O7.Na/c11-6(12)7(16)13-4-3-20-14(8(4)17)10(9(18)19)2-1-5(15)21-10;/h4,6H,1-3H2,(H,13,16)(H,18,19);/q;+1/p-1/t4-,10?;/m0./s1. The molecule has 1 unspecified atom stereocenters. The molecule has 2 rings (SSSR count). The topological polar surface area (TPSA) is 125 Å². The fraction of sp³-hybridized carbons (Fsp3) is 0.600. The summed E-state index contributed by atoms with van der Waals surface area (Å²) in [5.41, 5.74) is -2.32. The van der Waals surface area contributed by atoms with Crippen LogP contribution in [0.1, 0.15) is 12.8 Å². The zero-order chi connectivity index (χ0) is 15.8. The summed E-state index contributed by atoms with van der Waals surface area (Å²) in [6.07, 6.45) is -0.516. The van der Waals surface area contributed by atoms with Crippen LogP contribution in [0.4, 0.5) is 0 Å². The van der Waals surface area contributed by atoms with Crippen molar-refractivity contribution in [1.82, 2.24) is 10.4 Å². The van der Waals surface area contributed by atoms with Gasteiger partial charge in [0.05, 0.1) is 6.42 Å². The molecule has 116 valence electrons. The van der Waals surface area contributed by atoms with Gasteiger partial charge in [-0.1, -0.05) is 23.2 Å². The molecule has 2 heterocycles. The van der Waals surface area contributed by atoms with Crippen molar-refractivity contribution in [3.8, 4) is 0 Å². The number of nitrogens with one attached hydrogen (secondary N) is 1. The Morgan fingerprint density at radius 2 is 2.05 bits per heavy atom. The Kier molecular flexibility index (Phi) is 6.48. The maximum absolute atomic E-state index is 12.1. The largest absolute Gasteiger partial charge is 1.00 e. The van der Waals surface area contributed by atoms with Crippen molar-refractivity contribution in [2.45, 2.75) is 29.4 Å². The molecule has 0 bridgehead atoms. The predicted octanol–water partition coefficient (Wildman–Crippen LogP) is -5.16. The number of hydrogen-bond acceptors (Lipinski definition) is 7. The first-order valence-electron chi connectivity index (χ1n) is 5.77. The summed E-state index contributed by atoms with van der Waals surface area (Å²) in [7, 11) is 0. The van der Waals surface area contributed by atoms with E-state index in [9.17, 15) is 24.3 Å². The molecule has 2 saturated heterocycles. The molecule has 2 fully saturated rings. The number of carboxylic acids is 1. The molecule has 0 radical (unpaired) electrons. The molecule has 12 heteroatoms. The van der Waals surface area contributed by atoms with Crippen molar-refractivity contribution in [3.63, 3.8) is 0 Å². The Labute approximate surface area is 156 Å². The van der Waals surface area contributed by atoms with Gasteiger partial charge in [0.1, 0.15) is 18.6 Å². The first-order chi connectivity index (χ1) is 9.78. The number of carboxylic acid groups (broad SMARTS) is 1. The molecule has 0 aromatic rings. The van der Waals surface area contributed by atoms with Gasteiger partial charge in [-0.05, 0) is 0 Å². The van der Waals surface area contributed by atoms with Crippen molar-refractivity contribution in [2.75, 3.05) is 6.61 Å². The molecule has 1 N–H and O–H groups in total. The van der Waals surface area contributed by atoms with Gasteiger partial charge in [-0.2, -0.15) is 5.06 Å². The average molecular weight is 363 g/mol. The SMILES string of the molecule is O=C1CCC(C(=O)[O-])(N2OC[C@H](NC(=O)C(Cl)Cl)C2=O)O1.[Na+]. The maximum Gasteiger partial charge on any atom is 1.00 e. The third kappa shape index (κ3) is 3.50. The molecular weight excluding hydrogens is 354 g/mol. The summed E-state index contributed by atoms with van der Waals surface area (Å²) < 4.78 is 4.68. The van der Waals surface area contributed by atoms with Crippen LogP contribution in [0.2, 0.25) is 0 Å². The van der Waals surface area contributed by atoms with Crippen LogP contribution >= 0.6 is 23.2 Å². The Hall–Kier alpha value is -0.580. The Morgan fingerprint density at radius 3 is 2.50 bits per heavy atom. The zero-order valence-corrected chi connectivity index (χ0v) is 14.8. The molecular formula is C10H9Cl2N2NaO7. The number of amides is 2. The Bertz CT molecular complexity index is 518. The van der Waals surface area contributed by atoms with Gasteiger partial charge in [0, 0.05) is 6.42 Å². The van der Waals surface area contributed by atoms with E-state index in [1.165, 1.54) is 0 Å². The number of nitrogens with zero attached hydrogens (tertiary/aromatic N) is 1. The van der Waals surface area contributed by atoms with Gasteiger partial charge >= 0.3 is 35.5 Å². The van der Waals surface area contributed by atoms with Gasteiger partial charge in [-0.15, -0.1) is 0 Å². The third-order valence-corrected chi connectivity index (χ3v) is 3.38. The van der Waals surface area contributed by atoms with Gasteiger partial charge in [-0.25, -0.2) is 0 Å². The van der Waals surface area contributed by atoms with Crippen LogP contribution in [0.25, 0.3) is 0 Å². The number of ether oxygens (including phenoxy) is 1. The fourth-order valence-corrected chi connectivity index (χ4v) is 2.10. The normalized spacial score (nSPS) is 27.6. The molecule has 0 spiro atoms. The summed E-state index contributed by atoms with van der Waals surface area (Å²) >= 11 is 10.7. The van der Waals surface area contributed by atoms with E-state index in [2.05, 4.69) is 10.1 Å². The molecule has 0 aromatic heterocycles. The van der Waals surface area contributed by atoms with E-state index in [1.807, 2.05) is 0 Å². The molecule has 2 aliphatic heterocycles. The number of carbonyl (C=O) groups is 4. The molecule has 9 nitrogen and oxygen atoms in total. The number of hydroxylamine groups is 2. The summed E-state index contributed by atoms with van der Waals surface area (Å²) in [4.78, 5) is 49.4. The van der Waals surface area contributed by atoms with Gasteiger partial charge in [0.15, 0.2) is 4.84 Å². The van der Waals surface area contributed by atoms with Crippen molar-refractivity contribution in [1.29, 1.82) is 0 Å². The predicted molar refractivity (Wildman–Crippen MR) is 63.3 cm³/mol. The number of halogens is 2. The molecule has 2 aliphatic rings. The number of esters is 1. The molecule has 2 amide bonds. The second-order valence-corrected chi connectivity index (χ2v) is 5.43. The van der Waals surface area contributed by atoms with E-state index in [-0.39, 0.29) is 49.0 Å². The number of cyclic esters (lactones) is 1. The smallest absolute Gasteiger partial charge is 0.544 e. The fourth-order valence-electron chi connectivity index (χ4n) is 1.98. The summed E-state index contributed by atoms with van der Waals surface area (Å²) in [6.45, 7) is -0.350. The maximum atomic E-state index is 12.1. The van der Waals surface area contributed by atoms with Crippen LogP contribution in [-0.2, 0) is 28.8 Å². The van der Waals surface area contributed by atoms with E-state index < -0.39 is 40.4 Å². The quantitative estimate of drug-likeness (QED) is 0.301. The van der Waals surface area contributed by atoms with Gasteiger partial charge in [0.2, 0.25) is 0 Å². The van der Waals surface area contributed by atoms with Gasteiger partial charge in [0.25, 0.3) is 17.5 Å². The Balaban J connectivity index is 0.00000242. The van der Waals surface area contributed by atoms with E-state index in [0.29, 0.717) is 5.06 Å². The summed E-state index contributed by atoms with van der Waals surface area (Å²) in [5, 5.41) is 13.8. The van der Waals surface area contributed by atoms with Crippen LogP contribution in [0.5, 0.6) is 0 Å². The van der Waals surface area contributed by atoms with Crippen molar-refractivity contribution in [3.05, 3.63) is 0 Å². The molecule has 0 saturated carbocycles. The van der Waals surface area contributed by atoms with Gasteiger partial charge in [-0.3, -0.25) is 19.2 Å². The van der Waals surface area contributed by atoms with Crippen molar-refractivity contribution < 1.29 is 63.4 Å². The zero-order valence-electron chi connectivity index (χ0n) is 11.3. The number of carbonyl (C=O) groups excluding carboxylic acids is 4. The third-order valence-electron chi connectivity index (χ3n) is 2.98. The van der Waals surface area contributed by atoms with E-state index in [0.717, 1.165) is 0 Å². The van der Waals surface area contributed by atoms with Crippen LogP contribution in [0, 0.1) is 0 Å². The first-order valence-corrected chi connectivity index (χ1v) is 6.64. The first kappa shape index (κ1) is 19.5. The van der Waals surface area contributed by atoms with E-state index in [1.54, 1.807) is 0 Å². The van der Waals surface area contributed by atoms with Crippen LogP contribution in [0.15, 0.2) is 0 Å². The van der Waals surface area contributed by atoms with Crippen LogP contribution in [0.3, 0.4) is 0 Å². The second-order valence-electron chi connectivity index (χ2n) is 4.34. The second kappa shape index (κ2) is 7.33. The Morgan fingerprint density at radius 1 is 1.41 bits per heavy atom. The monoisotopic (exact) mass is 362 g/mol. The summed E-state index contributed by atoms with van der Waals surface area (Å²) in [5.74, 6) is -4.34. The minimum absolute atomic E-state index is 0. The van der Waals surface area contributed by atoms with E-state index >= 15 is 0 Å². The molecule has 22 heavy (non-hydrogen) atoms. The van der Waals surface area contributed by atoms with Crippen molar-refractivity contribution in [2.24, 2.45) is 0 Å². The minimum atomic E-state index is -2.32. The van der Waals surface area contributed by atoms with Crippen molar-refractivity contribution >= 4 is 47.0 Å². The van der Waals surface area contributed by atoms with Crippen LogP contribution in [-0.4, -0.2) is 52.0 Å². The number of rotatable bonds is 4. The van der Waals surface area contributed by atoms with Crippen LogP contribution < -0.4 is 40.0 Å².